The van der Waals surface area contributed by atoms with E-state index in [0.29, 0.717) is 37.2 Å². The van der Waals surface area contributed by atoms with Gasteiger partial charge in [0.1, 0.15) is 0 Å². The molecular formula is C20H19F2N3O3. The molecule has 0 saturated carbocycles. The quantitative estimate of drug-likeness (QED) is 0.637. The molecule has 2 aromatic carbocycles. The van der Waals surface area contributed by atoms with Crippen molar-refractivity contribution in [2.45, 2.75) is 12.8 Å². The lowest BCUT2D eigenvalue weighted by Gasteiger charge is -2.31. The van der Waals surface area contributed by atoms with E-state index in [0.717, 1.165) is 17.7 Å². The Labute approximate surface area is 160 Å². The Morgan fingerprint density at radius 2 is 1.86 bits per heavy atom. The Balaban J connectivity index is 1.79. The van der Waals surface area contributed by atoms with Crippen LogP contribution in [0, 0.1) is 21.7 Å². The molecule has 0 atom stereocenters. The van der Waals surface area contributed by atoms with E-state index in [1.54, 1.807) is 6.07 Å². The highest BCUT2D eigenvalue weighted by molar-refractivity contribution is 6.00. The molecule has 1 N–H and O–H groups in total. The lowest BCUT2D eigenvalue weighted by atomic mass is 9.99. The van der Waals surface area contributed by atoms with Gasteiger partial charge in [0.15, 0.2) is 11.6 Å². The number of amides is 1. The predicted molar refractivity (Wildman–Crippen MR) is 102 cm³/mol. The van der Waals surface area contributed by atoms with Crippen molar-refractivity contribution < 1.29 is 18.5 Å². The number of carbonyl (C=O) groups excluding carboxylic acids is 1. The minimum absolute atomic E-state index is 0.140. The summed E-state index contributed by atoms with van der Waals surface area (Å²) in [5.41, 5.74) is 2.44. The third-order valence-corrected chi connectivity index (χ3v) is 4.72. The number of hydrogen-bond acceptors (Lipinski definition) is 4. The van der Waals surface area contributed by atoms with Gasteiger partial charge < -0.3 is 10.2 Å². The zero-order valence-corrected chi connectivity index (χ0v) is 15.2. The zero-order chi connectivity index (χ0) is 20.3. The number of non-ortho nitro benzene ring substituents is 1. The molecule has 2 aromatic rings. The molecule has 1 fully saturated rings. The highest BCUT2D eigenvalue weighted by Crippen LogP contribution is 2.30. The Bertz CT molecular complexity index is 950. The predicted octanol–water partition coefficient (Wildman–Crippen LogP) is 3.92. The van der Waals surface area contributed by atoms with Crippen LogP contribution in [0.15, 0.2) is 42.0 Å². The maximum Gasteiger partial charge on any atom is 0.270 e. The lowest BCUT2D eigenvalue weighted by Crippen LogP contribution is -2.33. The van der Waals surface area contributed by atoms with Crippen LogP contribution in [-0.2, 0) is 0 Å². The van der Waals surface area contributed by atoms with Crippen LogP contribution in [0.25, 0.3) is 6.08 Å². The smallest absolute Gasteiger partial charge is 0.270 e. The average molecular weight is 387 g/mol. The van der Waals surface area contributed by atoms with Crippen LogP contribution < -0.4 is 10.2 Å². The average Bonchev–Trinajstić information content (AvgIpc) is 2.70. The highest BCUT2D eigenvalue weighted by atomic mass is 19.2. The molecule has 0 aliphatic carbocycles. The molecule has 1 amide bonds. The van der Waals surface area contributed by atoms with Crippen molar-refractivity contribution in [2.24, 2.45) is 0 Å². The maximum absolute atomic E-state index is 13.4. The molecule has 146 valence electrons. The normalized spacial score (nSPS) is 14.0. The Hall–Kier alpha value is -3.29. The number of nitrogens with one attached hydrogen (secondary N) is 1. The number of nitro benzene ring substituents is 1. The van der Waals surface area contributed by atoms with Gasteiger partial charge >= 0.3 is 0 Å². The van der Waals surface area contributed by atoms with Crippen LogP contribution in [0.5, 0.6) is 0 Å². The van der Waals surface area contributed by atoms with Crippen molar-refractivity contribution in [3.05, 3.63) is 74.8 Å². The van der Waals surface area contributed by atoms with E-state index in [1.165, 1.54) is 25.2 Å². The van der Waals surface area contributed by atoms with Crippen LogP contribution in [0.1, 0.15) is 28.8 Å². The zero-order valence-electron chi connectivity index (χ0n) is 15.2. The number of halogens is 2. The lowest BCUT2D eigenvalue weighted by molar-refractivity contribution is -0.384. The molecule has 1 saturated heterocycles. The van der Waals surface area contributed by atoms with Crippen LogP contribution >= 0.6 is 0 Å². The molecule has 8 heteroatoms. The molecule has 0 bridgehead atoms. The van der Waals surface area contributed by atoms with Crippen molar-refractivity contribution >= 4 is 23.4 Å². The molecule has 0 aromatic heterocycles. The molecule has 3 rings (SSSR count). The summed E-state index contributed by atoms with van der Waals surface area (Å²) in [7, 11) is 1.48. The standard InChI is InChI=1S/C20H19F2N3O3/c1-23-20(26)16-12-15(25(27)28)3-5-19(16)24-8-6-13(7-9-24)10-14-2-4-17(21)18(22)11-14/h2-5,10-12H,6-9H2,1H3,(H,23,26). The van der Waals surface area contributed by atoms with Crippen molar-refractivity contribution in [3.63, 3.8) is 0 Å². The van der Waals surface area contributed by atoms with Crippen molar-refractivity contribution in [3.8, 4) is 0 Å². The molecule has 0 spiro atoms. The van der Waals surface area contributed by atoms with E-state index in [9.17, 15) is 23.7 Å². The second-order valence-electron chi connectivity index (χ2n) is 6.50. The maximum atomic E-state index is 13.4. The van der Waals surface area contributed by atoms with Gasteiger partial charge in [0.25, 0.3) is 11.6 Å². The van der Waals surface area contributed by atoms with Crippen molar-refractivity contribution in [1.29, 1.82) is 0 Å². The highest BCUT2D eigenvalue weighted by Gasteiger charge is 2.22. The molecule has 1 aliphatic rings. The topological polar surface area (TPSA) is 75.5 Å². The first-order valence-electron chi connectivity index (χ1n) is 8.79. The second kappa shape index (κ2) is 8.16. The van der Waals surface area contributed by atoms with Crippen molar-refractivity contribution in [1.82, 2.24) is 5.32 Å². The first-order valence-corrected chi connectivity index (χ1v) is 8.79. The Morgan fingerprint density at radius 3 is 2.46 bits per heavy atom. The summed E-state index contributed by atoms with van der Waals surface area (Å²) in [5, 5.41) is 13.5. The van der Waals surface area contributed by atoms with Gasteiger partial charge in [0.05, 0.1) is 16.2 Å². The fourth-order valence-electron chi connectivity index (χ4n) is 3.25. The molecule has 28 heavy (non-hydrogen) atoms. The Kier molecular flexibility index (Phi) is 5.67. The first-order chi connectivity index (χ1) is 13.4. The summed E-state index contributed by atoms with van der Waals surface area (Å²) < 4.78 is 26.4. The van der Waals surface area contributed by atoms with Crippen LogP contribution in [0.2, 0.25) is 0 Å². The van der Waals surface area contributed by atoms with Gasteiger partial charge in [-0.1, -0.05) is 17.7 Å². The number of anilines is 1. The molecule has 1 aliphatic heterocycles. The third-order valence-electron chi connectivity index (χ3n) is 4.72. The van der Waals surface area contributed by atoms with Crippen LogP contribution in [0.4, 0.5) is 20.2 Å². The van der Waals surface area contributed by atoms with E-state index < -0.39 is 16.6 Å². The van der Waals surface area contributed by atoms with E-state index in [-0.39, 0.29) is 17.2 Å². The van der Waals surface area contributed by atoms with Gasteiger partial charge in [0, 0.05) is 32.3 Å². The van der Waals surface area contributed by atoms with Gasteiger partial charge in [-0.15, -0.1) is 0 Å². The number of carbonyl (C=O) groups is 1. The number of rotatable bonds is 4. The summed E-state index contributed by atoms with van der Waals surface area (Å²) in [6, 6.07) is 8.04. The summed E-state index contributed by atoms with van der Waals surface area (Å²) >= 11 is 0. The summed E-state index contributed by atoms with van der Waals surface area (Å²) in [6.45, 7) is 1.22. The van der Waals surface area contributed by atoms with E-state index in [1.807, 2.05) is 11.0 Å². The van der Waals surface area contributed by atoms with Crippen LogP contribution in [-0.4, -0.2) is 31.0 Å². The molecule has 6 nitrogen and oxygen atoms in total. The minimum atomic E-state index is -0.882. The molecular weight excluding hydrogens is 368 g/mol. The third kappa shape index (κ3) is 4.16. The SMILES string of the molecule is CNC(=O)c1cc([N+](=O)[O-])ccc1N1CCC(=Cc2ccc(F)c(F)c2)CC1. The molecule has 0 radical (unpaired) electrons. The van der Waals surface area contributed by atoms with Gasteiger partial charge in [-0.2, -0.15) is 0 Å². The first kappa shape index (κ1) is 19.5. The number of nitro groups is 1. The number of hydrogen-bond donors (Lipinski definition) is 1. The van der Waals surface area contributed by atoms with Crippen molar-refractivity contribution in [2.75, 3.05) is 25.0 Å². The van der Waals surface area contributed by atoms with Gasteiger partial charge in [-0.05, 0) is 36.6 Å². The summed E-state index contributed by atoms with van der Waals surface area (Å²) in [5.74, 6) is -2.15. The summed E-state index contributed by atoms with van der Waals surface area (Å²) in [4.78, 5) is 24.7. The minimum Gasteiger partial charge on any atom is -0.370 e. The van der Waals surface area contributed by atoms with E-state index >= 15 is 0 Å². The van der Waals surface area contributed by atoms with Crippen LogP contribution in [0.3, 0.4) is 0 Å². The summed E-state index contributed by atoms with van der Waals surface area (Å²) in [6.07, 6.45) is 3.21. The van der Waals surface area contributed by atoms with Gasteiger partial charge in [-0.3, -0.25) is 14.9 Å². The van der Waals surface area contributed by atoms with E-state index in [4.69, 9.17) is 0 Å². The molecule has 0 unspecified atom stereocenters. The van der Waals surface area contributed by atoms with Gasteiger partial charge in [-0.25, -0.2) is 8.78 Å². The monoisotopic (exact) mass is 387 g/mol. The second-order valence-corrected chi connectivity index (χ2v) is 6.50. The fourth-order valence-corrected chi connectivity index (χ4v) is 3.25. The number of nitrogens with zero attached hydrogens (tertiary/aromatic N) is 2. The van der Waals surface area contributed by atoms with E-state index in [2.05, 4.69) is 5.32 Å². The fraction of sp³-hybridized carbons (Fsp3) is 0.250. The van der Waals surface area contributed by atoms with Gasteiger partial charge in [0.2, 0.25) is 0 Å². The Morgan fingerprint density at radius 1 is 1.14 bits per heavy atom. The molecule has 1 heterocycles. The largest absolute Gasteiger partial charge is 0.370 e. The number of piperidine rings is 1. The number of benzene rings is 2.